The van der Waals surface area contributed by atoms with Crippen LogP contribution in [0.3, 0.4) is 0 Å². The Balaban J connectivity index is 1.69. The number of benzene rings is 2. The molecule has 0 fully saturated rings. The fourth-order valence-corrected chi connectivity index (χ4v) is 4.42. The molecule has 0 aliphatic carbocycles. The highest BCUT2D eigenvalue weighted by Crippen LogP contribution is 2.38. The van der Waals surface area contributed by atoms with Gasteiger partial charge in [0.15, 0.2) is 5.76 Å². The molecule has 0 spiro atoms. The van der Waals surface area contributed by atoms with Gasteiger partial charge in [-0.3, -0.25) is 24.7 Å². The topological polar surface area (TPSA) is 126 Å². The summed E-state index contributed by atoms with van der Waals surface area (Å²) in [5, 5.41) is 15.9. The van der Waals surface area contributed by atoms with Crippen LogP contribution in [0.15, 0.2) is 75.0 Å². The highest BCUT2D eigenvalue weighted by molar-refractivity contribution is 7.98. The molecular weight excluding hydrogens is 458 g/mol. The molecule has 0 bridgehead atoms. The SMILES string of the molecule is CSc1n[n+]2c(c(=O)[nH]1)-c1ccccc1N(C(C)=O)C2c1ccc(-c2ccc([N+](=O)[O-])cc2)o1. The zero-order chi connectivity index (χ0) is 24.0. The Hall–Kier alpha value is -4.25. The third kappa shape index (κ3) is 3.46. The van der Waals surface area contributed by atoms with Gasteiger partial charge in [-0.05, 0) is 47.3 Å². The second kappa shape index (κ2) is 8.27. The molecule has 4 aromatic rings. The lowest BCUT2D eigenvalue weighted by Crippen LogP contribution is -2.60. The van der Waals surface area contributed by atoms with E-state index in [4.69, 9.17) is 4.42 Å². The molecule has 0 saturated carbocycles. The molecule has 10 nitrogen and oxygen atoms in total. The van der Waals surface area contributed by atoms with Crippen LogP contribution in [0.25, 0.3) is 22.6 Å². The molecule has 34 heavy (non-hydrogen) atoms. The molecule has 11 heteroatoms. The number of H-pyrrole nitrogens is 1. The number of nitrogens with zero attached hydrogens (tertiary/aromatic N) is 4. The average Bonchev–Trinajstić information content (AvgIpc) is 3.32. The van der Waals surface area contributed by atoms with Crippen molar-refractivity contribution in [3.8, 4) is 22.6 Å². The number of aromatic amines is 1. The fourth-order valence-electron chi connectivity index (χ4n) is 4.06. The Morgan fingerprint density at radius 2 is 1.91 bits per heavy atom. The Labute approximate surface area is 197 Å². The summed E-state index contributed by atoms with van der Waals surface area (Å²) in [4.78, 5) is 40.7. The third-order valence-corrected chi connectivity index (χ3v) is 6.11. The van der Waals surface area contributed by atoms with Gasteiger partial charge in [0.1, 0.15) is 5.76 Å². The Morgan fingerprint density at radius 3 is 2.59 bits per heavy atom. The van der Waals surface area contributed by atoms with Gasteiger partial charge in [0.05, 0.1) is 16.2 Å². The standard InChI is InChI=1S/C23H17N5O5S/c1-13(29)26-17-6-4-3-5-16(17)20-21(30)24-23(34-2)25-27(20)22(26)19-12-11-18(33-19)14-7-9-15(10-8-14)28(31)32/h3-12,22H,1-2H3/p+1. The van der Waals surface area contributed by atoms with Crippen molar-refractivity contribution >= 4 is 29.0 Å². The van der Waals surface area contributed by atoms with Crippen LogP contribution in [0.5, 0.6) is 0 Å². The van der Waals surface area contributed by atoms with Crippen LogP contribution in [0.4, 0.5) is 11.4 Å². The third-order valence-electron chi connectivity index (χ3n) is 5.53. The van der Waals surface area contributed by atoms with Gasteiger partial charge in [0, 0.05) is 29.7 Å². The van der Waals surface area contributed by atoms with E-state index >= 15 is 0 Å². The summed E-state index contributed by atoms with van der Waals surface area (Å²) in [7, 11) is 0. The van der Waals surface area contributed by atoms with Crippen LogP contribution < -0.4 is 15.1 Å². The van der Waals surface area contributed by atoms with Crippen molar-refractivity contribution in [2.75, 3.05) is 11.2 Å². The number of hydrogen-bond donors (Lipinski definition) is 1. The van der Waals surface area contributed by atoms with Gasteiger partial charge >= 0.3 is 17.4 Å². The molecule has 2 aromatic heterocycles. The van der Waals surface area contributed by atoms with Gasteiger partial charge in [-0.15, -0.1) is 0 Å². The first-order valence-electron chi connectivity index (χ1n) is 10.2. The summed E-state index contributed by atoms with van der Waals surface area (Å²) in [6.45, 7) is 1.44. The van der Waals surface area contributed by atoms with Crippen molar-refractivity contribution in [1.82, 2.24) is 10.1 Å². The molecule has 5 rings (SSSR count). The smallest absolute Gasteiger partial charge is 0.325 e. The minimum absolute atomic E-state index is 0.0281. The zero-order valence-corrected chi connectivity index (χ0v) is 18.9. The van der Waals surface area contributed by atoms with Crippen LogP contribution in [0, 0.1) is 10.1 Å². The van der Waals surface area contributed by atoms with E-state index in [2.05, 4.69) is 10.1 Å². The van der Waals surface area contributed by atoms with E-state index in [-0.39, 0.29) is 17.2 Å². The van der Waals surface area contributed by atoms with Crippen molar-refractivity contribution in [1.29, 1.82) is 0 Å². The summed E-state index contributed by atoms with van der Waals surface area (Å²) < 4.78 is 7.64. The van der Waals surface area contributed by atoms with E-state index in [0.29, 0.717) is 39.2 Å². The summed E-state index contributed by atoms with van der Waals surface area (Å²) in [6.07, 6.45) is 0.946. The van der Waals surface area contributed by atoms with Crippen LogP contribution in [0.2, 0.25) is 0 Å². The minimum Gasteiger partial charge on any atom is -0.452 e. The van der Waals surface area contributed by atoms with Crippen molar-refractivity contribution in [3.05, 3.63) is 86.9 Å². The number of rotatable bonds is 4. The molecule has 1 atom stereocenters. The van der Waals surface area contributed by atoms with E-state index in [0.717, 1.165) is 0 Å². The Kier molecular flexibility index (Phi) is 5.25. The largest absolute Gasteiger partial charge is 0.452 e. The predicted octanol–water partition coefficient (Wildman–Crippen LogP) is 3.53. The number of aromatic nitrogens is 3. The van der Waals surface area contributed by atoms with E-state index in [1.165, 1.54) is 40.4 Å². The quantitative estimate of drug-likeness (QED) is 0.207. The second-order valence-electron chi connectivity index (χ2n) is 7.54. The molecule has 0 radical (unpaired) electrons. The number of nitrogens with one attached hydrogen (secondary N) is 1. The number of carbonyl (C=O) groups excluding carboxylic acids is 1. The summed E-state index contributed by atoms with van der Waals surface area (Å²) >= 11 is 1.27. The molecule has 170 valence electrons. The fraction of sp³-hybridized carbons (Fsp3) is 0.130. The van der Waals surface area contributed by atoms with Gasteiger partial charge in [0.2, 0.25) is 11.1 Å². The second-order valence-corrected chi connectivity index (χ2v) is 8.34. The summed E-state index contributed by atoms with van der Waals surface area (Å²) in [5.41, 5.74) is 1.73. The summed E-state index contributed by atoms with van der Waals surface area (Å²) in [6, 6.07) is 16.5. The van der Waals surface area contributed by atoms with E-state index in [9.17, 15) is 19.7 Å². The number of nitro benzene ring substituents is 1. The lowest BCUT2D eigenvalue weighted by Gasteiger charge is -2.29. The number of para-hydroxylation sites is 1. The van der Waals surface area contributed by atoms with Gasteiger partial charge < -0.3 is 4.42 Å². The molecular formula is C23H18N5O5S+. The number of hydrogen-bond acceptors (Lipinski definition) is 7. The van der Waals surface area contributed by atoms with Gasteiger partial charge in [0.25, 0.3) is 5.69 Å². The number of nitro groups is 1. The van der Waals surface area contributed by atoms with Crippen molar-refractivity contribution in [2.45, 2.75) is 18.2 Å². The van der Waals surface area contributed by atoms with Crippen molar-refractivity contribution < 1.29 is 18.8 Å². The van der Waals surface area contributed by atoms with Crippen LogP contribution in [-0.4, -0.2) is 27.2 Å². The molecule has 1 N–H and O–H groups in total. The normalized spacial score (nSPS) is 14.4. The Bertz CT molecular complexity index is 1490. The van der Waals surface area contributed by atoms with Gasteiger partial charge in [-0.1, -0.05) is 23.9 Å². The number of amides is 1. The molecule has 3 heterocycles. The lowest BCUT2D eigenvalue weighted by atomic mass is 10.0. The molecule has 0 saturated heterocycles. The molecule has 1 aliphatic heterocycles. The number of furan rings is 1. The molecule has 1 aliphatic rings. The van der Waals surface area contributed by atoms with Crippen molar-refractivity contribution in [3.63, 3.8) is 0 Å². The van der Waals surface area contributed by atoms with Gasteiger partial charge in [-0.2, -0.15) is 0 Å². The number of carbonyl (C=O) groups is 1. The number of thioether (sulfide) groups is 1. The van der Waals surface area contributed by atoms with Crippen LogP contribution >= 0.6 is 11.8 Å². The maximum absolute atomic E-state index is 13.1. The molecule has 1 unspecified atom stereocenters. The van der Waals surface area contributed by atoms with Gasteiger partial charge in [-0.25, -0.2) is 4.90 Å². The van der Waals surface area contributed by atoms with E-state index < -0.39 is 11.1 Å². The minimum atomic E-state index is -0.845. The number of anilines is 1. The molecule has 2 aromatic carbocycles. The molecule has 1 amide bonds. The first kappa shape index (κ1) is 21.6. The average molecular weight is 476 g/mol. The Morgan fingerprint density at radius 1 is 1.18 bits per heavy atom. The number of non-ortho nitro benzene ring substituents is 1. The van der Waals surface area contributed by atoms with Crippen molar-refractivity contribution in [2.24, 2.45) is 0 Å². The first-order chi connectivity index (χ1) is 16.4. The monoisotopic (exact) mass is 476 g/mol. The zero-order valence-electron chi connectivity index (χ0n) is 18.1. The predicted molar refractivity (Wildman–Crippen MR) is 124 cm³/mol. The maximum Gasteiger partial charge on any atom is 0.325 e. The lowest BCUT2D eigenvalue weighted by molar-refractivity contribution is -0.764. The highest BCUT2D eigenvalue weighted by Gasteiger charge is 2.46. The highest BCUT2D eigenvalue weighted by atomic mass is 32.2. The maximum atomic E-state index is 13.1. The first-order valence-corrected chi connectivity index (χ1v) is 11.5. The summed E-state index contributed by atoms with van der Waals surface area (Å²) in [5.74, 6) is 0.593. The van der Waals surface area contributed by atoms with E-state index in [1.54, 1.807) is 54.8 Å². The van der Waals surface area contributed by atoms with Crippen LogP contribution in [0.1, 0.15) is 18.8 Å². The van der Waals surface area contributed by atoms with Crippen LogP contribution in [-0.2, 0) is 4.79 Å². The van der Waals surface area contributed by atoms with E-state index in [1.807, 2.05) is 0 Å². The number of fused-ring (bicyclic) bond motifs is 3.